The highest BCUT2D eigenvalue weighted by molar-refractivity contribution is 14.1. The summed E-state index contributed by atoms with van der Waals surface area (Å²) in [6.07, 6.45) is 0. The summed E-state index contributed by atoms with van der Waals surface area (Å²) in [5, 5.41) is 3.19. The van der Waals surface area contributed by atoms with Crippen LogP contribution in [-0.4, -0.2) is 26.0 Å². The van der Waals surface area contributed by atoms with Crippen molar-refractivity contribution < 1.29 is 8.42 Å². The number of halogens is 1. The summed E-state index contributed by atoms with van der Waals surface area (Å²) in [7, 11) is -2.91. The van der Waals surface area contributed by atoms with Crippen LogP contribution in [0.5, 0.6) is 0 Å². The minimum atomic E-state index is -2.91. The second kappa shape index (κ2) is 5.86. The van der Waals surface area contributed by atoms with E-state index >= 15 is 0 Å². The molecule has 1 atom stereocenters. The van der Waals surface area contributed by atoms with Gasteiger partial charge in [0.05, 0.1) is 5.75 Å². The number of benzene rings is 1. The topological polar surface area (TPSA) is 46.2 Å². The molecule has 1 rings (SSSR count). The van der Waals surface area contributed by atoms with Crippen LogP contribution in [-0.2, 0) is 9.84 Å². The highest BCUT2D eigenvalue weighted by atomic mass is 127. The van der Waals surface area contributed by atoms with Crippen molar-refractivity contribution >= 4 is 38.1 Å². The molecule has 0 aromatic heterocycles. The van der Waals surface area contributed by atoms with E-state index in [4.69, 9.17) is 0 Å². The quantitative estimate of drug-likeness (QED) is 0.828. The zero-order valence-corrected chi connectivity index (χ0v) is 12.4. The Balaban J connectivity index is 2.62. The second-order valence-corrected chi connectivity index (χ2v) is 7.40. The third-order valence-corrected chi connectivity index (χ3v) is 4.74. The predicted octanol–water partition coefficient (Wildman–Crippen LogP) is 2.53. The van der Waals surface area contributed by atoms with Crippen molar-refractivity contribution in [2.45, 2.75) is 19.9 Å². The molecule has 0 aliphatic carbocycles. The fraction of sp³-hybridized carbons (Fsp3) is 0.455. The van der Waals surface area contributed by atoms with Crippen LogP contribution in [0.2, 0.25) is 0 Å². The van der Waals surface area contributed by atoms with Gasteiger partial charge in [0, 0.05) is 21.1 Å². The molecule has 0 aliphatic heterocycles. The van der Waals surface area contributed by atoms with E-state index in [1.165, 1.54) is 0 Å². The lowest BCUT2D eigenvalue weighted by Gasteiger charge is -2.15. The smallest absolute Gasteiger partial charge is 0.152 e. The van der Waals surface area contributed by atoms with Crippen molar-refractivity contribution in [3.05, 3.63) is 27.8 Å². The fourth-order valence-corrected chi connectivity index (χ4v) is 3.03. The SMILES string of the molecule is CCS(=O)(=O)CC(C)Nc1cccc(I)c1. The molecule has 0 amide bonds. The molecular weight excluding hydrogens is 337 g/mol. The van der Waals surface area contributed by atoms with Crippen molar-refractivity contribution in [3.63, 3.8) is 0 Å². The van der Waals surface area contributed by atoms with Crippen molar-refractivity contribution in [1.29, 1.82) is 0 Å². The third-order valence-electron chi connectivity index (χ3n) is 2.18. The van der Waals surface area contributed by atoms with Gasteiger partial charge in [-0.1, -0.05) is 13.0 Å². The number of anilines is 1. The summed E-state index contributed by atoms with van der Waals surface area (Å²) < 4.78 is 24.0. The van der Waals surface area contributed by atoms with Gasteiger partial charge < -0.3 is 5.32 Å². The first-order chi connectivity index (χ1) is 7.43. The van der Waals surface area contributed by atoms with Crippen LogP contribution >= 0.6 is 22.6 Å². The zero-order valence-electron chi connectivity index (χ0n) is 9.40. The number of hydrogen-bond donors (Lipinski definition) is 1. The minimum Gasteiger partial charge on any atom is -0.382 e. The molecule has 0 spiro atoms. The molecule has 0 fully saturated rings. The van der Waals surface area contributed by atoms with E-state index in [1.54, 1.807) is 6.92 Å². The van der Waals surface area contributed by atoms with E-state index in [1.807, 2.05) is 31.2 Å². The Bertz CT molecular complexity index is 445. The van der Waals surface area contributed by atoms with Crippen LogP contribution < -0.4 is 5.32 Å². The van der Waals surface area contributed by atoms with Gasteiger partial charge in [0.25, 0.3) is 0 Å². The molecule has 16 heavy (non-hydrogen) atoms. The average molecular weight is 353 g/mol. The fourth-order valence-electron chi connectivity index (χ4n) is 1.40. The zero-order chi connectivity index (χ0) is 12.2. The molecule has 0 saturated heterocycles. The molecule has 0 bridgehead atoms. The summed E-state index contributed by atoms with van der Waals surface area (Å²) >= 11 is 2.23. The Kier molecular flexibility index (Phi) is 5.04. The number of rotatable bonds is 5. The van der Waals surface area contributed by atoms with Gasteiger partial charge in [-0.2, -0.15) is 0 Å². The van der Waals surface area contributed by atoms with Crippen LogP contribution in [0.15, 0.2) is 24.3 Å². The monoisotopic (exact) mass is 353 g/mol. The first-order valence-electron chi connectivity index (χ1n) is 5.15. The lowest BCUT2D eigenvalue weighted by Crippen LogP contribution is -2.26. The predicted molar refractivity (Wildman–Crippen MR) is 76.6 cm³/mol. The van der Waals surface area contributed by atoms with Crippen molar-refractivity contribution in [3.8, 4) is 0 Å². The van der Waals surface area contributed by atoms with Crippen molar-refractivity contribution in [2.75, 3.05) is 16.8 Å². The molecule has 1 N–H and O–H groups in total. The Morgan fingerprint density at radius 3 is 2.69 bits per heavy atom. The van der Waals surface area contributed by atoms with E-state index in [0.717, 1.165) is 9.26 Å². The molecule has 0 heterocycles. The van der Waals surface area contributed by atoms with Crippen LogP contribution in [0, 0.1) is 3.57 Å². The summed E-state index contributed by atoms with van der Waals surface area (Å²) in [5.74, 6) is 0.375. The van der Waals surface area contributed by atoms with E-state index in [-0.39, 0.29) is 17.5 Å². The maximum absolute atomic E-state index is 11.4. The molecule has 3 nitrogen and oxygen atoms in total. The Hall–Kier alpha value is -0.300. The van der Waals surface area contributed by atoms with Gasteiger partial charge >= 0.3 is 0 Å². The Morgan fingerprint density at radius 2 is 2.12 bits per heavy atom. The molecule has 0 saturated carbocycles. The molecule has 1 unspecified atom stereocenters. The first-order valence-corrected chi connectivity index (χ1v) is 8.05. The summed E-state index contributed by atoms with van der Waals surface area (Å²) in [6, 6.07) is 7.82. The summed E-state index contributed by atoms with van der Waals surface area (Å²) in [5.41, 5.74) is 0.964. The van der Waals surface area contributed by atoms with E-state index in [0.29, 0.717) is 0 Å². The Labute approximate surface area is 111 Å². The van der Waals surface area contributed by atoms with Crippen LogP contribution in [0.1, 0.15) is 13.8 Å². The number of nitrogens with one attached hydrogen (secondary N) is 1. The van der Waals surface area contributed by atoms with Gasteiger partial charge in [-0.3, -0.25) is 0 Å². The maximum atomic E-state index is 11.4. The van der Waals surface area contributed by atoms with Gasteiger partial charge in [0.1, 0.15) is 0 Å². The molecule has 1 aromatic carbocycles. The Morgan fingerprint density at radius 1 is 1.44 bits per heavy atom. The van der Waals surface area contributed by atoms with Gasteiger partial charge in [0.15, 0.2) is 9.84 Å². The molecule has 5 heteroatoms. The average Bonchev–Trinajstić information content (AvgIpc) is 2.16. The maximum Gasteiger partial charge on any atom is 0.152 e. The van der Waals surface area contributed by atoms with Crippen molar-refractivity contribution in [2.24, 2.45) is 0 Å². The molecule has 90 valence electrons. The van der Waals surface area contributed by atoms with Gasteiger partial charge in [-0.05, 0) is 47.7 Å². The second-order valence-electron chi connectivity index (χ2n) is 3.75. The van der Waals surface area contributed by atoms with Crippen molar-refractivity contribution in [1.82, 2.24) is 0 Å². The molecule has 0 aliphatic rings. The standard InChI is InChI=1S/C11H16INO2S/c1-3-16(14,15)8-9(2)13-11-6-4-5-10(12)7-11/h4-7,9,13H,3,8H2,1-2H3. The number of hydrogen-bond acceptors (Lipinski definition) is 3. The van der Waals surface area contributed by atoms with E-state index < -0.39 is 9.84 Å². The molecular formula is C11H16INO2S. The van der Waals surface area contributed by atoms with Gasteiger partial charge in [-0.25, -0.2) is 8.42 Å². The van der Waals surface area contributed by atoms with Crippen LogP contribution in [0.3, 0.4) is 0 Å². The highest BCUT2D eigenvalue weighted by Crippen LogP contribution is 2.13. The first kappa shape index (κ1) is 13.8. The lowest BCUT2D eigenvalue weighted by atomic mass is 10.3. The summed E-state index contributed by atoms with van der Waals surface area (Å²) in [6.45, 7) is 3.56. The molecule has 1 aromatic rings. The number of sulfone groups is 1. The largest absolute Gasteiger partial charge is 0.382 e. The van der Waals surface area contributed by atoms with E-state index in [2.05, 4.69) is 27.9 Å². The minimum absolute atomic E-state index is 0.0665. The van der Waals surface area contributed by atoms with Crippen LogP contribution in [0.25, 0.3) is 0 Å². The van der Waals surface area contributed by atoms with Gasteiger partial charge in [0.2, 0.25) is 0 Å². The van der Waals surface area contributed by atoms with Crippen LogP contribution in [0.4, 0.5) is 5.69 Å². The third kappa shape index (κ3) is 4.69. The molecule has 0 radical (unpaired) electrons. The highest BCUT2D eigenvalue weighted by Gasteiger charge is 2.13. The van der Waals surface area contributed by atoms with Gasteiger partial charge in [-0.15, -0.1) is 0 Å². The van der Waals surface area contributed by atoms with E-state index in [9.17, 15) is 8.42 Å². The lowest BCUT2D eigenvalue weighted by molar-refractivity contribution is 0.593. The normalized spacial score (nSPS) is 13.4. The summed E-state index contributed by atoms with van der Waals surface area (Å²) in [4.78, 5) is 0.